The predicted octanol–water partition coefficient (Wildman–Crippen LogP) is 2.88. The molecule has 0 heterocycles. The van der Waals surface area contributed by atoms with Gasteiger partial charge in [0.25, 0.3) is 5.91 Å². The van der Waals surface area contributed by atoms with E-state index in [0.29, 0.717) is 41.3 Å². The molecule has 1 fully saturated rings. The van der Waals surface area contributed by atoms with Gasteiger partial charge in [-0.2, -0.15) is 0 Å². The lowest BCUT2D eigenvalue weighted by molar-refractivity contribution is -0.133. The SMILES string of the molecule is CCN(C(=O)COc1c(Cl)cc(Cl)cc1CCN)C1CC1. The number of nitrogens with zero attached hydrogens (tertiary/aromatic N) is 1. The number of hydrogen-bond acceptors (Lipinski definition) is 3. The first kappa shape index (κ1) is 16.4. The van der Waals surface area contributed by atoms with E-state index in [2.05, 4.69) is 0 Å². The number of benzene rings is 1. The summed E-state index contributed by atoms with van der Waals surface area (Å²) in [6.45, 7) is 3.13. The minimum atomic E-state index is -0.0107. The molecule has 116 valence electrons. The summed E-state index contributed by atoms with van der Waals surface area (Å²) in [5, 5.41) is 0.948. The van der Waals surface area contributed by atoms with Gasteiger partial charge in [0.2, 0.25) is 0 Å². The van der Waals surface area contributed by atoms with E-state index in [4.69, 9.17) is 33.7 Å². The maximum absolute atomic E-state index is 12.2. The fourth-order valence-electron chi connectivity index (χ4n) is 2.36. The van der Waals surface area contributed by atoms with Crippen molar-refractivity contribution in [3.8, 4) is 5.75 Å². The van der Waals surface area contributed by atoms with Crippen molar-refractivity contribution < 1.29 is 9.53 Å². The van der Waals surface area contributed by atoms with E-state index in [9.17, 15) is 4.79 Å². The summed E-state index contributed by atoms with van der Waals surface area (Å²) in [7, 11) is 0. The first-order valence-corrected chi connectivity index (χ1v) is 7.92. The lowest BCUT2D eigenvalue weighted by atomic mass is 10.1. The van der Waals surface area contributed by atoms with E-state index < -0.39 is 0 Å². The third-order valence-corrected chi connectivity index (χ3v) is 3.99. The molecule has 0 aliphatic heterocycles. The lowest BCUT2D eigenvalue weighted by Crippen LogP contribution is -2.36. The van der Waals surface area contributed by atoms with Crippen molar-refractivity contribution in [2.75, 3.05) is 19.7 Å². The monoisotopic (exact) mass is 330 g/mol. The van der Waals surface area contributed by atoms with Crippen molar-refractivity contribution >= 4 is 29.1 Å². The van der Waals surface area contributed by atoms with Crippen LogP contribution in [0.25, 0.3) is 0 Å². The Balaban J connectivity index is 2.06. The van der Waals surface area contributed by atoms with Gasteiger partial charge in [-0.3, -0.25) is 4.79 Å². The van der Waals surface area contributed by atoms with Crippen molar-refractivity contribution in [1.82, 2.24) is 4.90 Å². The smallest absolute Gasteiger partial charge is 0.260 e. The van der Waals surface area contributed by atoms with Crippen LogP contribution in [-0.4, -0.2) is 36.5 Å². The summed E-state index contributed by atoms with van der Waals surface area (Å²) in [5.74, 6) is 0.497. The Morgan fingerprint density at radius 1 is 1.43 bits per heavy atom. The summed E-state index contributed by atoms with van der Waals surface area (Å²) in [4.78, 5) is 14.0. The Labute approximate surface area is 135 Å². The second kappa shape index (κ2) is 7.34. The normalized spacial score (nSPS) is 14.1. The van der Waals surface area contributed by atoms with E-state index >= 15 is 0 Å². The molecule has 0 bridgehead atoms. The van der Waals surface area contributed by atoms with E-state index in [1.807, 2.05) is 11.8 Å². The molecule has 1 amide bonds. The summed E-state index contributed by atoms with van der Waals surface area (Å²) in [6, 6.07) is 3.77. The van der Waals surface area contributed by atoms with E-state index in [1.54, 1.807) is 12.1 Å². The standard InChI is InChI=1S/C15H20Cl2N2O2/c1-2-19(12-3-4-12)14(20)9-21-15-10(5-6-18)7-11(16)8-13(15)17/h7-8,12H,2-6,9,18H2,1H3. The van der Waals surface area contributed by atoms with Crippen LogP contribution in [0.5, 0.6) is 5.75 Å². The van der Waals surface area contributed by atoms with Gasteiger partial charge >= 0.3 is 0 Å². The molecule has 4 nitrogen and oxygen atoms in total. The fourth-order valence-corrected chi connectivity index (χ4v) is 2.95. The number of hydrogen-bond donors (Lipinski definition) is 1. The topological polar surface area (TPSA) is 55.6 Å². The molecule has 1 aromatic carbocycles. The van der Waals surface area contributed by atoms with Crippen molar-refractivity contribution in [1.29, 1.82) is 0 Å². The van der Waals surface area contributed by atoms with Gasteiger partial charge < -0.3 is 15.4 Å². The maximum Gasteiger partial charge on any atom is 0.260 e. The molecule has 0 unspecified atom stereocenters. The largest absolute Gasteiger partial charge is 0.482 e. The van der Waals surface area contributed by atoms with Crippen LogP contribution >= 0.6 is 23.2 Å². The number of carbonyl (C=O) groups is 1. The lowest BCUT2D eigenvalue weighted by Gasteiger charge is -2.21. The summed E-state index contributed by atoms with van der Waals surface area (Å²) >= 11 is 12.2. The number of halogens is 2. The first-order chi connectivity index (χ1) is 10.1. The van der Waals surface area contributed by atoms with Gasteiger partial charge in [-0.1, -0.05) is 23.2 Å². The molecule has 1 aromatic rings. The summed E-state index contributed by atoms with van der Waals surface area (Å²) in [6.07, 6.45) is 2.77. The molecule has 0 saturated heterocycles. The third kappa shape index (κ3) is 4.25. The van der Waals surface area contributed by atoms with E-state index in [0.717, 1.165) is 18.4 Å². The first-order valence-electron chi connectivity index (χ1n) is 7.17. The van der Waals surface area contributed by atoms with E-state index in [-0.39, 0.29) is 12.5 Å². The Kier molecular flexibility index (Phi) is 5.73. The van der Waals surface area contributed by atoms with Crippen molar-refractivity contribution in [2.45, 2.75) is 32.2 Å². The highest BCUT2D eigenvalue weighted by atomic mass is 35.5. The Bertz CT molecular complexity index is 519. The Hall–Kier alpha value is -0.970. The molecule has 0 aromatic heterocycles. The molecule has 0 radical (unpaired) electrons. The number of rotatable bonds is 7. The highest BCUT2D eigenvalue weighted by Crippen LogP contribution is 2.33. The zero-order valence-corrected chi connectivity index (χ0v) is 13.6. The number of nitrogens with two attached hydrogens (primary N) is 1. The minimum Gasteiger partial charge on any atom is -0.482 e. The molecule has 0 atom stereocenters. The van der Waals surface area contributed by atoms with Gasteiger partial charge in [-0.15, -0.1) is 0 Å². The van der Waals surface area contributed by atoms with Gasteiger partial charge in [0.05, 0.1) is 5.02 Å². The zero-order valence-electron chi connectivity index (χ0n) is 12.1. The van der Waals surface area contributed by atoms with Crippen LogP contribution in [0.2, 0.25) is 10.0 Å². The van der Waals surface area contributed by atoms with Gasteiger partial charge in [0, 0.05) is 17.6 Å². The summed E-state index contributed by atoms with van der Waals surface area (Å²) in [5.41, 5.74) is 6.42. The van der Waals surface area contributed by atoms with Crippen molar-refractivity contribution in [3.63, 3.8) is 0 Å². The Morgan fingerprint density at radius 2 is 2.14 bits per heavy atom. The molecule has 21 heavy (non-hydrogen) atoms. The molecule has 1 aliphatic rings. The van der Waals surface area contributed by atoms with Gasteiger partial charge in [0.1, 0.15) is 5.75 Å². The average Bonchev–Trinajstić information content (AvgIpc) is 3.23. The van der Waals surface area contributed by atoms with Gasteiger partial charge in [0.15, 0.2) is 6.61 Å². The number of likely N-dealkylation sites (N-methyl/N-ethyl adjacent to an activating group) is 1. The van der Waals surface area contributed by atoms with Crippen LogP contribution in [-0.2, 0) is 11.2 Å². The fraction of sp³-hybridized carbons (Fsp3) is 0.533. The molecule has 2 N–H and O–H groups in total. The predicted molar refractivity (Wildman–Crippen MR) is 85.1 cm³/mol. The van der Waals surface area contributed by atoms with Crippen LogP contribution in [0, 0.1) is 0 Å². The highest BCUT2D eigenvalue weighted by molar-refractivity contribution is 6.35. The van der Waals surface area contributed by atoms with Crippen LogP contribution in [0.15, 0.2) is 12.1 Å². The third-order valence-electron chi connectivity index (χ3n) is 3.49. The Morgan fingerprint density at radius 3 is 2.71 bits per heavy atom. The number of amides is 1. The van der Waals surface area contributed by atoms with Crippen LogP contribution in [0.4, 0.5) is 0 Å². The van der Waals surface area contributed by atoms with Crippen LogP contribution < -0.4 is 10.5 Å². The van der Waals surface area contributed by atoms with E-state index in [1.165, 1.54) is 0 Å². The molecule has 1 saturated carbocycles. The molecule has 6 heteroatoms. The number of ether oxygens (including phenoxy) is 1. The van der Waals surface area contributed by atoms with Gasteiger partial charge in [-0.05, 0) is 50.4 Å². The van der Waals surface area contributed by atoms with Crippen molar-refractivity contribution in [2.24, 2.45) is 5.73 Å². The minimum absolute atomic E-state index is 0.00952. The quantitative estimate of drug-likeness (QED) is 0.836. The zero-order chi connectivity index (χ0) is 15.4. The van der Waals surface area contributed by atoms with Crippen molar-refractivity contribution in [3.05, 3.63) is 27.7 Å². The van der Waals surface area contributed by atoms with Gasteiger partial charge in [-0.25, -0.2) is 0 Å². The molecule has 0 spiro atoms. The molecular formula is C15H20Cl2N2O2. The van der Waals surface area contributed by atoms with Crippen LogP contribution in [0.3, 0.4) is 0 Å². The molecular weight excluding hydrogens is 311 g/mol. The highest BCUT2D eigenvalue weighted by Gasteiger charge is 2.31. The molecule has 1 aliphatic carbocycles. The second-order valence-electron chi connectivity index (χ2n) is 5.11. The van der Waals surface area contributed by atoms with Crippen LogP contribution in [0.1, 0.15) is 25.3 Å². The maximum atomic E-state index is 12.2. The second-order valence-corrected chi connectivity index (χ2v) is 5.96. The summed E-state index contributed by atoms with van der Waals surface area (Å²) < 4.78 is 5.66. The average molecular weight is 331 g/mol. The molecule has 2 rings (SSSR count). The number of carbonyl (C=O) groups excluding carboxylic acids is 1.